The van der Waals surface area contributed by atoms with Crippen LogP contribution in [0.5, 0.6) is 0 Å². The molecule has 0 heterocycles. The molecule has 0 fully saturated rings. The van der Waals surface area contributed by atoms with Crippen LogP contribution in [0.3, 0.4) is 0 Å². The molecule has 0 aromatic carbocycles. The molecular weight excluding hydrogens is 632 g/mol. The number of aliphatic carboxylic acids is 1. The third-order valence-corrected chi connectivity index (χ3v) is 7.37. The van der Waals surface area contributed by atoms with Crippen LogP contribution in [0.1, 0.15) is 123 Å². The standard InChI is InChI=1S/C41H64N2O7/c1-3-5-7-9-10-11-12-13-14-15-16-17-18-19-20-21-22-23-29-33-40(47)50-36(30-26-8-6-4-2)31-27-24-25-28-32-38(45)42-34-39(46)43-37(35-44)41(48)49/h5,7,10-11,13-14,16-17,19-20,22-23,26,30,36-37,44H,3-4,6,8-9,12,15,18,21,24-25,27-29,31-35H2,1-2H3,(H,42,45)(H,43,46)(H,48,49)/b7-5-,11-10-,14-13-,17-16-,20-19-,23-22-,30-26-. The fraction of sp³-hybridized carbons (Fsp3) is 0.561. The van der Waals surface area contributed by atoms with Crippen LogP contribution < -0.4 is 10.6 Å². The molecule has 50 heavy (non-hydrogen) atoms. The minimum Gasteiger partial charge on any atom is -0.480 e. The third-order valence-electron chi connectivity index (χ3n) is 7.37. The van der Waals surface area contributed by atoms with Crippen molar-refractivity contribution in [3.05, 3.63) is 85.1 Å². The van der Waals surface area contributed by atoms with E-state index >= 15 is 0 Å². The highest BCUT2D eigenvalue weighted by Crippen LogP contribution is 2.13. The summed E-state index contributed by atoms with van der Waals surface area (Å²) in [6.07, 6.45) is 43.7. The van der Waals surface area contributed by atoms with E-state index < -0.39 is 24.5 Å². The number of carboxylic acid groups (broad SMARTS) is 1. The third kappa shape index (κ3) is 31.3. The molecule has 4 N–H and O–H groups in total. The number of allylic oxidation sites excluding steroid dienone is 13. The Bertz CT molecular complexity index is 1120. The maximum atomic E-state index is 12.5. The Morgan fingerprint density at radius 2 is 1.20 bits per heavy atom. The summed E-state index contributed by atoms with van der Waals surface area (Å²) in [5.74, 6) is -2.52. The van der Waals surface area contributed by atoms with Gasteiger partial charge in [0.25, 0.3) is 0 Å². The van der Waals surface area contributed by atoms with Crippen LogP contribution in [0, 0.1) is 0 Å². The first-order valence-electron chi connectivity index (χ1n) is 18.5. The van der Waals surface area contributed by atoms with Crippen LogP contribution in [0.4, 0.5) is 0 Å². The first-order valence-corrected chi connectivity index (χ1v) is 18.5. The zero-order valence-electron chi connectivity index (χ0n) is 30.6. The van der Waals surface area contributed by atoms with Gasteiger partial charge >= 0.3 is 11.9 Å². The Morgan fingerprint density at radius 3 is 1.74 bits per heavy atom. The number of unbranched alkanes of at least 4 members (excludes halogenated alkanes) is 5. The minimum absolute atomic E-state index is 0.205. The molecule has 0 rings (SSSR count). The van der Waals surface area contributed by atoms with Crippen LogP contribution in [-0.4, -0.2) is 59.3 Å². The predicted molar refractivity (Wildman–Crippen MR) is 203 cm³/mol. The summed E-state index contributed by atoms with van der Waals surface area (Å²) in [7, 11) is 0. The SMILES string of the molecule is CC/C=C\C/C=C\C/C=C\C/C=C\C/C=C\C/C=C\CCC(=O)OC(/C=C\CCCC)CCCCCCC(=O)NCC(=O)NC(CO)C(=O)O. The van der Waals surface area contributed by atoms with Gasteiger partial charge in [0.15, 0.2) is 0 Å². The minimum atomic E-state index is -1.40. The number of aliphatic hydroxyl groups is 1. The molecule has 2 amide bonds. The summed E-state index contributed by atoms with van der Waals surface area (Å²) in [5, 5.41) is 22.4. The fourth-order valence-electron chi connectivity index (χ4n) is 4.52. The molecule has 0 saturated carbocycles. The van der Waals surface area contributed by atoms with Crippen molar-refractivity contribution in [3.63, 3.8) is 0 Å². The van der Waals surface area contributed by atoms with E-state index in [0.29, 0.717) is 19.3 Å². The molecule has 0 radical (unpaired) electrons. The molecule has 280 valence electrons. The Hall–Kier alpha value is -3.98. The highest BCUT2D eigenvalue weighted by molar-refractivity contribution is 5.87. The molecule has 0 aliphatic rings. The van der Waals surface area contributed by atoms with Gasteiger partial charge in [-0.05, 0) is 76.7 Å². The van der Waals surface area contributed by atoms with E-state index in [1.165, 1.54) is 0 Å². The molecule has 9 nitrogen and oxygen atoms in total. The number of carbonyl (C=O) groups is 4. The molecule has 2 unspecified atom stereocenters. The zero-order chi connectivity index (χ0) is 36.9. The van der Waals surface area contributed by atoms with E-state index in [2.05, 4.69) is 97.4 Å². The van der Waals surface area contributed by atoms with Gasteiger partial charge in [0.2, 0.25) is 11.8 Å². The lowest BCUT2D eigenvalue weighted by Crippen LogP contribution is -2.47. The van der Waals surface area contributed by atoms with Crippen LogP contribution in [0.15, 0.2) is 85.1 Å². The topological polar surface area (TPSA) is 142 Å². The van der Waals surface area contributed by atoms with Gasteiger partial charge in [0.05, 0.1) is 13.2 Å². The average Bonchev–Trinajstić information content (AvgIpc) is 3.10. The normalized spacial score (nSPS) is 13.5. The molecule has 0 aromatic rings. The first kappa shape index (κ1) is 46.0. The van der Waals surface area contributed by atoms with Crippen molar-refractivity contribution in [1.29, 1.82) is 0 Å². The van der Waals surface area contributed by atoms with E-state index in [-0.39, 0.29) is 30.9 Å². The van der Waals surface area contributed by atoms with Crippen molar-refractivity contribution in [2.45, 2.75) is 135 Å². The van der Waals surface area contributed by atoms with Crippen molar-refractivity contribution in [3.8, 4) is 0 Å². The molecule has 0 bridgehead atoms. The Balaban J connectivity index is 4.22. The lowest BCUT2D eigenvalue weighted by Gasteiger charge is -2.14. The number of hydrogen-bond donors (Lipinski definition) is 4. The van der Waals surface area contributed by atoms with E-state index in [1.807, 2.05) is 12.2 Å². The second kappa shape index (κ2) is 34.9. The van der Waals surface area contributed by atoms with E-state index in [0.717, 1.165) is 83.5 Å². The number of amides is 2. The monoisotopic (exact) mass is 696 g/mol. The number of esters is 1. The number of aliphatic hydroxyl groups excluding tert-OH is 1. The van der Waals surface area contributed by atoms with Gasteiger partial charge in [-0.2, -0.15) is 0 Å². The number of ether oxygens (including phenoxy) is 1. The fourth-order valence-corrected chi connectivity index (χ4v) is 4.52. The van der Waals surface area contributed by atoms with Crippen molar-refractivity contribution >= 4 is 23.8 Å². The van der Waals surface area contributed by atoms with Gasteiger partial charge in [-0.15, -0.1) is 0 Å². The first-order chi connectivity index (χ1) is 24.3. The van der Waals surface area contributed by atoms with Crippen molar-refractivity contribution in [1.82, 2.24) is 10.6 Å². The number of hydrogen-bond acceptors (Lipinski definition) is 6. The number of carbonyl (C=O) groups excluding carboxylic acids is 3. The largest absolute Gasteiger partial charge is 0.480 e. The van der Waals surface area contributed by atoms with Gasteiger partial charge in [-0.1, -0.05) is 119 Å². The quantitative estimate of drug-likeness (QED) is 0.0326. The number of carboxylic acids is 1. The molecule has 2 atom stereocenters. The average molecular weight is 697 g/mol. The second-order valence-electron chi connectivity index (χ2n) is 11.9. The highest BCUT2D eigenvalue weighted by Gasteiger charge is 2.18. The molecule has 0 aliphatic heterocycles. The van der Waals surface area contributed by atoms with Crippen molar-refractivity contribution < 1.29 is 34.1 Å². The maximum Gasteiger partial charge on any atom is 0.328 e. The van der Waals surface area contributed by atoms with Gasteiger partial charge in [0, 0.05) is 12.8 Å². The second-order valence-corrected chi connectivity index (χ2v) is 11.9. The van der Waals surface area contributed by atoms with Gasteiger partial charge in [-0.25, -0.2) is 4.79 Å². The Morgan fingerprint density at radius 1 is 0.640 bits per heavy atom. The molecule has 9 heteroatoms. The van der Waals surface area contributed by atoms with Crippen molar-refractivity contribution in [2.75, 3.05) is 13.2 Å². The summed E-state index contributed by atoms with van der Waals surface area (Å²) in [6, 6.07) is -1.40. The molecule has 0 aromatic heterocycles. The van der Waals surface area contributed by atoms with Gasteiger partial charge in [-0.3, -0.25) is 14.4 Å². The summed E-state index contributed by atoms with van der Waals surface area (Å²) < 4.78 is 5.77. The molecule has 0 saturated heterocycles. The van der Waals surface area contributed by atoms with E-state index in [1.54, 1.807) is 0 Å². The summed E-state index contributed by atoms with van der Waals surface area (Å²) in [5.41, 5.74) is 0. The summed E-state index contributed by atoms with van der Waals surface area (Å²) in [6.45, 7) is 3.21. The van der Waals surface area contributed by atoms with Gasteiger partial charge in [0.1, 0.15) is 12.1 Å². The number of nitrogens with one attached hydrogen (secondary N) is 2. The molecular formula is C41H64N2O7. The maximum absolute atomic E-state index is 12.5. The molecule has 0 spiro atoms. The molecule has 0 aliphatic carbocycles. The van der Waals surface area contributed by atoms with Crippen LogP contribution in [0.2, 0.25) is 0 Å². The van der Waals surface area contributed by atoms with E-state index in [9.17, 15) is 19.2 Å². The summed E-state index contributed by atoms with van der Waals surface area (Å²) >= 11 is 0. The van der Waals surface area contributed by atoms with Crippen LogP contribution in [0.25, 0.3) is 0 Å². The lowest BCUT2D eigenvalue weighted by molar-refractivity contribution is -0.147. The lowest BCUT2D eigenvalue weighted by atomic mass is 10.1. The van der Waals surface area contributed by atoms with Crippen molar-refractivity contribution in [2.24, 2.45) is 0 Å². The highest BCUT2D eigenvalue weighted by atomic mass is 16.5. The Kier molecular flexibility index (Phi) is 32.1. The Labute approximate surface area is 301 Å². The van der Waals surface area contributed by atoms with Crippen LogP contribution >= 0.6 is 0 Å². The number of rotatable bonds is 31. The van der Waals surface area contributed by atoms with E-state index in [4.69, 9.17) is 14.9 Å². The van der Waals surface area contributed by atoms with Crippen LogP contribution in [-0.2, 0) is 23.9 Å². The smallest absolute Gasteiger partial charge is 0.328 e. The van der Waals surface area contributed by atoms with Gasteiger partial charge < -0.3 is 25.6 Å². The predicted octanol–water partition coefficient (Wildman–Crippen LogP) is 8.14. The summed E-state index contributed by atoms with van der Waals surface area (Å²) in [4.78, 5) is 47.1. The zero-order valence-corrected chi connectivity index (χ0v) is 30.6.